The van der Waals surface area contributed by atoms with Crippen molar-refractivity contribution < 1.29 is 28.6 Å². The second-order valence-corrected chi connectivity index (χ2v) is 19.6. The van der Waals surface area contributed by atoms with Gasteiger partial charge in [-0.05, 0) is 51.4 Å². The standard InChI is InChI=1S/C59H110O6/c1-4-7-10-13-16-19-21-23-25-27-28-29-30-31-33-34-36-38-40-43-46-49-52-58(61)64-55-56(54-63-57(60)51-48-45-42-18-15-12-9-6-3)65-59(62)53-50-47-44-41-39-37-35-32-26-24-22-20-17-14-11-8-5-2/h17,20,24,26,56H,4-16,18-19,21-23,25,27-55H2,1-3H3/b20-17-,26-24-. The van der Waals surface area contributed by atoms with E-state index in [0.717, 1.165) is 70.6 Å². The molecule has 382 valence electrons. The first-order valence-electron chi connectivity index (χ1n) is 28.8. The van der Waals surface area contributed by atoms with Gasteiger partial charge in [-0.15, -0.1) is 0 Å². The van der Waals surface area contributed by atoms with Crippen molar-refractivity contribution in [2.24, 2.45) is 0 Å². The molecule has 0 radical (unpaired) electrons. The van der Waals surface area contributed by atoms with Gasteiger partial charge in [-0.3, -0.25) is 14.4 Å². The number of carbonyl (C=O) groups excluding carboxylic acids is 3. The zero-order valence-corrected chi connectivity index (χ0v) is 43.8. The minimum atomic E-state index is -0.769. The topological polar surface area (TPSA) is 78.9 Å². The Kier molecular flexibility index (Phi) is 52.7. The van der Waals surface area contributed by atoms with E-state index in [4.69, 9.17) is 14.2 Å². The molecule has 65 heavy (non-hydrogen) atoms. The highest BCUT2D eigenvalue weighted by Gasteiger charge is 2.19. The van der Waals surface area contributed by atoms with Crippen LogP contribution < -0.4 is 0 Å². The van der Waals surface area contributed by atoms with Crippen LogP contribution in [0, 0.1) is 0 Å². The van der Waals surface area contributed by atoms with E-state index in [2.05, 4.69) is 45.1 Å². The van der Waals surface area contributed by atoms with Crippen molar-refractivity contribution in [3.63, 3.8) is 0 Å². The number of rotatable bonds is 53. The predicted molar refractivity (Wildman–Crippen MR) is 279 cm³/mol. The maximum absolute atomic E-state index is 12.8. The van der Waals surface area contributed by atoms with Gasteiger partial charge in [-0.2, -0.15) is 0 Å². The number of allylic oxidation sites excluding steroid dienone is 4. The fourth-order valence-corrected chi connectivity index (χ4v) is 8.59. The molecule has 0 rings (SSSR count). The van der Waals surface area contributed by atoms with Crippen LogP contribution in [0.4, 0.5) is 0 Å². The molecule has 0 amide bonds. The summed E-state index contributed by atoms with van der Waals surface area (Å²) in [6, 6.07) is 0. The number of hydrogen-bond acceptors (Lipinski definition) is 6. The molecule has 0 aliphatic rings. The Morgan fingerprint density at radius 2 is 0.554 bits per heavy atom. The van der Waals surface area contributed by atoms with E-state index in [0.29, 0.717) is 19.3 Å². The molecule has 1 atom stereocenters. The van der Waals surface area contributed by atoms with Gasteiger partial charge in [0.25, 0.3) is 0 Å². The zero-order chi connectivity index (χ0) is 47.2. The SMILES string of the molecule is CCCCC/C=C\C/C=C\CCCCCCCCCC(=O)OC(COC(=O)CCCCCCCCCC)COC(=O)CCCCCCCCCCCCCCCCCCCCCCCC. The smallest absolute Gasteiger partial charge is 0.306 e. The predicted octanol–water partition coefficient (Wildman–Crippen LogP) is 19.1. The number of ether oxygens (including phenoxy) is 3. The highest BCUT2D eigenvalue weighted by atomic mass is 16.6. The summed E-state index contributed by atoms with van der Waals surface area (Å²) in [4.78, 5) is 38.0. The van der Waals surface area contributed by atoms with Gasteiger partial charge in [-0.25, -0.2) is 0 Å². The maximum atomic E-state index is 12.8. The molecule has 0 aromatic carbocycles. The third-order valence-corrected chi connectivity index (χ3v) is 13.0. The molecule has 0 saturated carbocycles. The summed E-state index contributed by atoms with van der Waals surface area (Å²) in [6.07, 6.45) is 63.3. The molecule has 6 heteroatoms. The van der Waals surface area contributed by atoms with Crippen LogP contribution in [0.25, 0.3) is 0 Å². The molecule has 0 saturated heterocycles. The van der Waals surface area contributed by atoms with Crippen LogP contribution >= 0.6 is 0 Å². The molecular weight excluding hydrogens is 805 g/mol. The third kappa shape index (κ3) is 52.7. The van der Waals surface area contributed by atoms with Gasteiger partial charge in [0.05, 0.1) is 0 Å². The van der Waals surface area contributed by atoms with Crippen molar-refractivity contribution in [1.29, 1.82) is 0 Å². The number of unbranched alkanes of at least 4 members (excludes halogenated alkanes) is 38. The summed E-state index contributed by atoms with van der Waals surface area (Å²) in [5.41, 5.74) is 0. The first kappa shape index (κ1) is 62.9. The van der Waals surface area contributed by atoms with E-state index in [-0.39, 0.29) is 31.1 Å². The second-order valence-electron chi connectivity index (χ2n) is 19.6. The molecular formula is C59H110O6. The molecule has 6 nitrogen and oxygen atoms in total. The Morgan fingerprint density at radius 3 is 0.877 bits per heavy atom. The van der Waals surface area contributed by atoms with Crippen LogP contribution in [0.2, 0.25) is 0 Å². The molecule has 0 aliphatic carbocycles. The van der Waals surface area contributed by atoms with Crippen LogP contribution in [-0.4, -0.2) is 37.2 Å². The highest BCUT2D eigenvalue weighted by Crippen LogP contribution is 2.17. The second kappa shape index (κ2) is 54.5. The van der Waals surface area contributed by atoms with E-state index >= 15 is 0 Å². The quantitative estimate of drug-likeness (QED) is 0.0262. The summed E-state index contributed by atoms with van der Waals surface area (Å²) in [7, 11) is 0. The fraction of sp³-hybridized carbons (Fsp3) is 0.881. The molecule has 0 heterocycles. The van der Waals surface area contributed by atoms with Crippen LogP contribution in [0.5, 0.6) is 0 Å². The van der Waals surface area contributed by atoms with Crippen LogP contribution in [0.3, 0.4) is 0 Å². The highest BCUT2D eigenvalue weighted by molar-refractivity contribution is 5.71. The molecule has 0 aliphatic heterocycles. The van der Waals surface area contributed by atoms with E-state index in [9.17, 15) is 14.4 Å². The Hall–Kier alpha value is -2.11. The fourth-order valence-electron chi connectivity index (χ4n) is 8.59. The summed E-state index contributed by atoms with van der Waals surface area (Å²) in [5.74, 6) is -0.863. The number of hydrogen-bond donors (Lipinski definition) is 0. The monoisotopic (exact) mass is 915 g/mol. The zero-order valence-electron chi connectivity index (χ0n) is 43.8. The molecule has 0 spiro atoms. The van der Waals surface area contributed by atoms with Gasteiger partial charge in [0, 0.05) is 19.3 Å². The van der Waals surface area contributed by atoms with Crippen molar-refractivity contribution in [1.82, 2.24) is 0 Å². The minimum absolute atomic E-state index is 0.0696. The summed E-state index contributed by atoms with van der Waals surface area (Å²) >= 11 is 0. The normalized spacial score (nSPS) is 12.1. The van der Waals surface area contributed by atoms with Gasteiger partial charge in [0.15, 0.2) is 6.10 Å². The molecule has 0 aromatic heterocycles. The van der Waals surface area contributed by atoms with Gasteiger partial charge < -0.3 is 14.2 Å². The molecule has 0 aromatic rings. The van der Waals surface area contributed by atoms with Gasteiger partial charge in [0.2, 0.25) is 0 Å². The lowest BCUT2D eigenvalue weighted by Gasteiger charge is -2.18. The van der Waals surface area contributed by atoms with Crippen LogP contribution in [0.1, 0.15) is 316 Å². The average molecular weight is 916 g/mol. The lowest BCUT2D eigenvalue weighted by atomic mass is 10.0. The Bertz CT molecular complexity index is 1050. The lowest BCUT2D eigenvalue weighted by Crippen LogP contribution is -2.30. The number of esters is 3. The van der Waals surface area contributed by atoms with Gasteiger partial charge in [-0.1, -0.05) is 270 Å². The molecule has 0 N–H and O–H groups in total. The largest absolute Gasteiger partial charge is 0.462 e. The van der Waals surface area contributed by atoms with E-state index in [1.165, 1.54) is 205 Å². The number of carbonyl (C=O) groups is 3. The Morgan fingerprint density at radius 1 is 0.308 bits per heavy atom. The average Bonchev–Trinajstić information content (AvgIpc) is 3.30. The first-order valence-corrected chi connectivity index (χ1v) is 28.8. The lowest BCUT2D eigenvalue weighted by molar-refractivity contribution is -0.167. The van der Waals surface area contributed by atoms with Crippen molar-refractivity contribution in [2.75, 3.05) is 13.2 Å². The van der Waals surface area contributed by atoms with Crippen molar-refractivity contribution in [2.45, 2.75) is 322 Å². The van der Waals surface area contributed by atoms with Crippen molar-refractivity contribution in [3.8, 4) is 0 Å². The Labute approximate surface area is 404 Å². The first-order chi connectivity index (χ1) is 32.0. The summed E-state index contributed by atoms with van der Waals surface area (Å²) in [5, 5.41) is 0. The summed E-state index contributed by atoms with van der Waals surface area (Å²) < 4.78 is 16.8. The van der Waals surface area contributed by atoms with Gasteiger partial charge in [0.1, 0.15) is 13.2 Å². The molecule has 0 fully saturated rings. The molecule has 0 bridgehead atoms. The van der Waals surface area contributed by atoms with E-state index in [1.807, 2.05) is 0 Å². The van der Waals surface area contributed by atoms with E-state index in [1.54, 1.807) is 0 Å². The van der Waals surface area contributed by atoms with Crippen LogP contribution in [0.15, 0.2) is 24.3 Å². The minimum Gasteiger partial charge on any atom is -0.462 e. The van der Waals surface area contributed by atoms with Crippen molar-refractivity contribution >= 4 is 17.9 Å². The van der Waals surface area contributed by atoms with Crippen molar-refractivity contribution in [3.05, 3.63) is 24.3 Å². The molecule has 1 unspecified atom stereocenters. The van der Waals surface area contributed by atoms with Gasteiger partial charge >= 0.3 is 17.9 Å². The Balaban J connectivity index is 4.17. The van der Waals surface area contributed by atoms with Crippen LogP contribution in [-0.2, 0) is 28.6 Å². The van der Waals surface area contributed by atoms with E-state index < -0.39 is 6.10 Å². The third-order valence-electron chi connectivity index (χ3n) is 13.0. The summed E-state index contributed by atoms with van der Waals surface area (Å²) in [6.45, 7) is 6.63. The maximum Gasteiger partial charge on any atom is 0.306 e.